The Labute approximate surface area is 387 Å². The van der Waals surface area contributed by atoms with Crippen LogP contribution in [0.25, 0.3) is 11.3 Å². The first-order valence-electron chi connectivity index (χ1n) is 23.5. The van der Waals surface area contributed by atoms with E-state index in [1.165, 1.54) is 63.8 Å². The molecule has 346 valence electrons. The number of amides is 4. The van der Waals surface area contributed by atoms with Crippen LogP contribution in [-0.4, -0.2) is 100 Å². The second kappa shape index (κ2) is 18.8. The summed E-state index contributed by atoms with van der Waals surface area (Å²) < 4.78 is 5.23. The van der Waals surface area contributed by atoms with Crippen molar-refractivity contribution in [1.29, 1.82) is 0 Å². The van der Waals surface area contributed by atoms with E-state index in [-0.39, 0.29) is 29.3 Å². The van der Waals surface area contributed by atoms with E-state index in [9.17, 15) is 14.4 Å². The van der Waals surface area contributed by atoms with Crippen molar-refractivity contribution < 1.29 is 18.9 Å². The molecule has 0 saturated carbocycles. The minimum Gasteiger partial charge on any atom is -0.372 e. The minimum absolute atomic E-state index is 0.0468. The van der Waals surface area contributed by atoms with Gasteiger partial charge in [0.2, 0.25) is 5.91 Å². The summed E-state index contributed by atoms with van der Waals surface area (Å²) >= 11 is 0. The molecule has 3 N–H and O–H groups in total. The van der Waals surface area contributed by atoms with E-state index in [0.717, 1.165) is 71.7 Å². The van der Waals surface area contributed by atoms with Crippen molar-refractivity contribution in [2.45, 2.75) is 91.0 Å². The molecule has 3 aromatic heterocycles. The van der Waals surface area contributed by atoms with Crippen LogP contribution in [-0.2, 0) is 10.2 Å². The number of urea groups is 1. The molecule has 0 radical (unpaired) electrons. The third kappa shape index (κ3) is 10.2. The molecular formula is C50H62N12O4. The maximum atomic E-state index is 12.9. The summed E-state index contributed by atoms with van der Waals surface area (Å²) in [6, 6.07) is 19.8. The topological polar surface area (TPSA) is 178 Å². The number of piperidine rings is 3. The molecule has 2 aromatic carbocycles. The van der Waals surface area contributed by atoms with Crippen molar-refractivity contribution in [3.05, 3.63) is 96.0 Å². The van der Waals surface area contributed by atoms with Crippen LogP contribution in [0.1, 0.15) is 106 Å². The molecule has 4 fully saturated rings. The summed E-state index contributed by atoms with van der Waals surface area (Å²) in [7, 11) is 0. The van der Waals surface area contributed by atoms with Crippen molar-refractivity contribution in [3.8, 4) is 11.3 Å². The zero-order chi connectivity index (χ0) is 46.0. The zero-order valence-electron chi connectivity index (χ0n) is 38.8. The van der Waals surface area contributed by atoms with Gasteiger partial charge in [-0.05, 0) is 130 Å². The number of likely N-dealkylation sites (tertiary alicyclic amines) is 1. The fourth-order valence-corrected chi connectivity index (χ4v) is 9.98. The molecule has 4 amide bonds. The number of aromatic nitrogens is 5. The molecule has 7 heterocycles. The number of aryl methyl sites for hydroxylation is 1. The number of anilines is 5. The zero-order valence-corrected chi connectivity index (χ0v) is 38.8. The number of nitrogens with zero attached hydrogens (tertiary/aromatic N) is 9. The van der Waals surface area contributed by atoms with E-state index in [2.05, 4.69) is 75.0 Å². The summed E-state index contributed by atoms with van der Waals surface area (Å²) in [6.07, 6.45) is 11.2. The number of benzene rings is 2. The van der Waals surface area contributed by atoms with Gasteiger partial charge in [-0.2, -0.15) is 4.98 Å². The Balaban J connectivity index is 0.706. The smallest absolute Gasteiger partial charge is 0.328 e. The lowest BCUT2D eigenvalue weighted by molar-refractivity contribution is -0.120. The molecule has 0 aliphatic carbocycles. The van der Waals surface area contributed by atoms with Crippen molar-refractivity contribution in [2.24, 2.45) is 11.3 Å². The van der Waals surface area contributed by atoms with Crippen LogP contribution in [0, 0.1) is 18.3 Å². The van der Waals surface area contributed by atoms with Gasteiger partial charge < -0.3 is 29.9 Å². The van der Waals surface area contributed by atoms with Crippen LogP contribution >= 0.6 is 0 Å². The summed E-state index contributed by atoms with van der Waals surface area (Å²) in [5.74, 6) is 1.92. The van der Waals surface area contributed by atoms with Gasteiger partial charge in [0.15, 0.2) is 5.82 Å². The molecule has 4 aliphatic rings. The Hall–Kier alpha value is -6.42. The number of carbonyl (C=O) groups excluding carboxylic acids is 3. The summed E-state index contributed by atoms with van der Waals surface area (Å²) in [4.78, 5) is 64.1. The van der Waals surface area contributed by atoms with Crippen LogP contribution < -0.4 is 30.7 Å². The highest BCUT2D eigenvalue weighted by Crippen LogP contribution is 2.43. The van der Waals surface area contributed by atoms with Crippen molar-refractivity contribution in [2.75, 3.05) is 72.4 Å². The quantitative estimate of drug-likeness (QED) is 0.117. The van der Waals surface area contributed by atoms with Crippen molar-refractivity contribution in [1.82, 2.24) is 40.6 Å². The van der Waals surface area contributed by atoms with Gasteiger partial charge in [-0.1, -0.05) is 38.1 Å². The largest absolute Gasteiger partial charge is 0.372 e. The van der Waals surface area contributed by atoms with Crippen LogP contribution in [0.5, 0.6) is 0 Å². The van der Waals surface area contributed by atoms with E-state index in [0.29, 0.717) is 30.0 Å². The van der Waals surface area contributed by atoms with Gasteiger partial charge in [-0.25, -0.2) is 19.7 Å². The Morgan fingerprint density at radius 1 is 0.833 bits per heavy atom. The van der Waals surface area contributed by atoms with Crippen molar-refractivity contribution in [3.63, 3.8) is 0 Å². The molecule has 9 rings (SSSR count). The number of nitrogens with one attached hydrogen (secondary N) is 3. The fraction of sp³-hybridized carbons (Fsp3) is 0.480. The summed E-state index contributed by atoms with van der Waals surface area (Å²) in [5.41, 5.74) is 7.00. The summed E-state index contributed by atoms with van der Waals surface area (Å²) in [5, 5.41) is 12.7. The van der Waals surface area contributed by atoms with Crippen LogP contribution in [0.4, 0.5) is 33.5 Å². The van der Waals surface area contributed by atoms with Gasteiger partial charge in [0.1, 0.15) is 18.0 Å². The Morgan fingerprint density at radius 2 is 1.53 bits per heavy atom. The number of rotatable bonds is 11. The molecule has 16 heteroatoms. The molecule has 1 atom stereocenters. The average molecular weight is 895 g/mol. The predicted octanol–water partition coefficient (Wildman–Crippen LogP) is 7.81. The normalized spacial score (nSPS) is 18.9. The van der Waals surface area contributed by atoms with Gasteiger partial charge in [0.05, 0.1) is 23.6 Å². The first-order valence-corrected chi connectivity index (χ1v) is 23.5. The van der Waals surface area contributed by atoms with Crippen LogP contribution in [0.15, 0.2) is 77.7 Å². The number of imide groups is 1. The monoisotopic (exact) mass is 895 g/mol. The number of hydrogen-bond acceptors (Lipinski definition) is 13. The highest BCUT2D eigenvalue weighted by Gasteiger charge is 2.38. The van der Waals surface area contributed by atoms with E-state index in [1.807, 2.05) is 77.2 Å². The van der Waals surface area contributed by atoms with E-state index >= 15 is 0 Å². The molecule has 5 aromatic rings. The molecule has 16 nitrogen and oxygen atoms in total. The maximum absolute atomic E-state index is 12.9. The average Bonchev–Trinajstić information content (AvgIpc) is 3.83. The molecular weight excluding hydrogens is 833 g/mol. The molecule has 66 heavy (non-hydrogen) atoms. The van der Waals surface area contributed by atoms with Crippen LogP contribution in [0.2, 0.25) is 0 Å². The first-order chi connectivity index (χ1) is 31.8. The van der Waals surface area contributed by atoms with Gasteiger partial charge in [0, 0.05) is 74.1 Å². The predicted molar refractivity (Wildman–Crippen MR) is 255 cm³/mol. The van der Waals surface area contributed by atoms with Gasteiger partial charge >= 0.3 is 17.8 Å². The molecule has 0 unspecified atom stereocenters. The SMILES string of the molecule is Cc1cc(-c2cc(Nc3ccc(N4CCC5(CCN(CC6CCN(c7ccc(N8CCC(=O)NC8=O)cc7)CC6)CC5)CC4)cn3)ncn2)ccc1[C@@H](C)NC(=O)c1nc(C(C)(C)C)no1. The number of hydrogen-bond donors (Lipinski definition) is 3. The number of carbonyl (C=O) groups is 3. The Morgan fingerprint density at radius 3 is 2.20 bits per heavy atom. The molecule has 4 aliphatic heterocycles. The Bertz CT molecular complexity index is 2510. The third-order valence-electron chi connectivity index (χ3n) is 14.2. The second-order valence-corrected chi connectivity index (χ2v) is 19.7. The lowest BCUT2D eigenvalue weighted by Crippen LogP contribution is -2.49. The molecule has 1 spiro atoms. The molecule has 0 bridgehead atoms. The molecule has 4 saturated heterocycles. The van der Waals surface area contributed by atoms with Gasteiger partial charge in [0.25, 0.3) is 0 Å². The lowest BCUT2D eigenvalue weighted by Gasteiger charge is -2.48. The number of pyridine rings is 1. The summed E-state index contributed by atoms with van der Waals surface area (Å²) in [6.45, 7) is 18.1. The van der Waals surface area contributed by atoms with Crippen molar-refractivity contribution >= 4 is 46.5 Å². The fourth-order valence-electron chi connectivity index (χ4n) is 9.98. The van der Waals surface area contributed by atoms with Crippen LogP contribution in [0.3, 0.4) is 0 Å². The lowest BCUT2D eigenvalue weighted by atomic mass is 9.71. The maximum Gasteiger partial charge on any atom is 0.328 e. The van der Waals surface area contributed by atoms with Gasteiger partial charge in [-0.3, -0.25) is 19.8 Å². The minimum atomic E-state index is -0.408. The first kappa shape index (κ1) is 44.8. The standard InChI is InChI=1S/C50H62N12O4/c1-33-28-36(6-12-40(33)34(2)54-45(64)46-57-47(58-66-46)49(3,4)5)41-29-43(53-32-52-41)55-42-13-11-39(30-51-42)61-26-19-50(20-27-61)17-24-59(25-18-50)31-35-14-21-60(22-15-35)37-7-9-38(10-8-37)62-23-16-44(63)56-48(62)65/h6-13,28-30,32,34-35H,14-27,31H2,1-5H3,(H,54,64)(H,56,63,65)(H,51,52,53,55)/t34-/m1/s1. The Kier molecular flexibility index (Phi) is 12.8. The third-order valence-corrected chi connectivity index (χ3v) is 14.2. The van der Waals surface area contributed by atoms with Gasteiger partial charge in [-0.15, -0.1) is 0 Å². The van der Waals surface area contributed by atoms with E-state index < -0.39 is 5.91 Å². The van der Waals surface area contributed by atoms with E-state index in [4.69, 9.17) is 9.51 Å². The highest BCUT2D eigenvalue weighted by molar-refractivity contribution is 6.05. The highest BCUT2D eigenvalue weighted by atomic mass is 16.5. The van der Waals surface area contributed by atoms with E-state index in [1.54, 1.807) is 11.2 Å². The second-order valence-electron chi connectivity index (χ2n) is 19.7.